The summed E-state index contributed by atoms with van der Waals surface area (Å²) < 4.78 is 12.5. The topological polar surface area (TPSA) is 54.0 Å². The van der Waals surface area contributed by atoms with Gasteiger partial charge in [-0.15, -0.1) is 0 Å². The van der Waals surface area contributed by atoms with E-state index in [1.54, 1.807) is 0 Å². The molecule has 1 amide bonds. The van der Waals surface area contributed by atoms with Crippen molar-refractivity contribution in [3.63, 3.8) is 0 Å². The van der Waals surface area contributed by atoms with E-state index in [2.05, 4.69) is 15.6 Å². The molecule has 1 aromatic heterocycles. The van der Waals surface area contributed by atoms with Crippen LogP contribution in [0.15, 0.2) is 18.3 Å². The summed E-state index contributed by atoms with van der Waals surface area (Å²) in [5.74, 6) is -0.148. The quantitative estimate of drug-likeness (QED) is 0.723. The molecule has 1 aliphatic rings. The van der Waals surface area contributed by atoms with Crippen molar-refractivity contribution in [3.05, 3.63) is 24.1 Å². The van der Waals surface area contributed by atoms with Crippen molar-refractivity contribution in [3.8, 4) is 0 Å². The largest absolute Gasteiger partial charge is 0.309 e. The van der Waals surface area contributed by atoms with E-state index < -0.39 is 5.82 Å². The molecule has 4 nitrogen and oxygen atoms in total. The van der Waals surface area contributed by atoms with Gasteiger partial charge < -0.3 is 10.6 Å². The average Bonchev–Trinajstić information content (AvgIpc) is 2.06. The third kappa shape index (κ3) is 1.88. The number of hydrogen-bond donors (Lipinski definition) is 2. The maximum absolute atomic E-state index is 12.5. The number of hydrogen-bond acceptors (Lipinski definition) is 3. The lowest BCUT2D eigenvalue weighted by Gasteiger charge is -2.25. The van der Waals surface area contributed by atoms with Gasteiger partial charge >= 0.3 is 0 Å². The fourth-order valence-corrected chi connectivity index (χ4v) is 1.18. The molecule has 74 valence electrons. The highest BCUT2D eigenvalue weighted by Gasteiger charge is 2.24. The first kappa shape index (κ1) is 9.08. The maximum atomic E-state index is 12.5. The van der Waals surface area contributed by atoms with E-state index in [1.165, 1.54) is 12.1 Å². The Balaban J connectivity index is 1.96. The minimum absolute atomic E-state index is 0.115. The van der Waals surface area contributed by atoms with E-state index in [9.17, 15) is 9.18 Å². The number of halogens is 1. The van der Waals surface area contributed by atoms with E-state index in [-0.39, 0.29) is 11.9 Å². The molecule has 0 bridgehead atoms. The molecule has 0 aromatic carbocycles. The van der Waals surface area contributed by atoms with Crippen LogP contribution in [0, 0.1) is 5.82 Å². The number of nitrogens with zero attached hydrogens (tertiary/aromatic N) is 1. The van der Waals surface area contributed by atoms with Crippen LogP contribution >= 0.6 is 0 Å². The van der Waals surface area contributed by atoms with Crippen LogP contribution in [-0.4, -0.2) is 23.5 Å². The standard InChI is InChI=1S/C9H10FN3O/c10-6-1-2-8(12-5-6)13-9(14)7-3-4-11-7/h1-2,5,7,11H,3-4H2,(H,12,13,14). The maximum Gasteiger partial charge on any atom is 0.242 e. The summed E-state index contributed by atoms with van der Waals surface area (Å²) in [5, 5.41) is 5.55. The predicted octanol–water partition coefficient (Wildman–Crippen LogP) is 0.521. The molecule has 0 radical (unpaired) electrons. The first-order valence-electron chi connectivity index (χ1n) is 4.41. The number of amides is 1. The van der Waals surface area contributed by atoms with Gasteiger partial charge in [0.15, 0.2) is 0 Å². The molecule has 0 aliphatic carbocycles. The molecule has 0 spiro atoms. The van der Waals surface area contributed by atoms with Crippen LogP contribution in [0.5, 0.6) is 0 Å². The summed E-state index contributed by atoms with van der Waals surface area (Å²) in [6, 6.07) is 2.57. The van der Waals surface area contributed by atoms with Crippen molar-refractivity contribution in [1.29, 1.82) is 0 Å². The Morgan fingerprint density at radius 3 is 2.93 bits per heavy atom. The van der Waals surface area contributed by atoms with Crippen LogP contribution in [0.3, 0.4) is 0 Å². The summed E-state index contributed by atoms with van der Waals surface area (Å²) in [5.41, 5.74) is 0. The summed E-state index contributed by atoms with van der Waals surface area (Å²) >= 11 is 0. The van der Waals surface area contributed by atoms with Crippen molar-refractivity contribution < 1.29 is 9.18 Å². The van der Waals surface area contributed by atoms with Crippen LogP contribution < -0.4 is 10.6 Å². The van der Waals surface area contributed by atoms with Crippen LogP contribution in [0.2, 0.25) is 0 Å². The molecule has 14 heavy (non-hydrogen) atoms. The Hall–Kier alpha value is -1.49. The second-order valence-electron chi connectivity index (χ2n) is 3.15. The van der Waals surface area contributed by atoms with Crippen molar-refractivity contribution in [1.82, 2.24) is 10.3 Å². The van der Waals surface area contributed by atoms with Gasteiger partial charge in [-0.3, -0.25) is 4.79 Å². The molecule has 2 N–H and O–H groups in total. The number of nitrogens with one attached hydrogen (secondary N) is 2. The Bertz CT molecular complexity index is 334. The Kier molecular flexibility index (Phi) is 2.41. The van der Waals surface area contributed by atoms with Gasteiger partial charge in [0.1, 0.15) is 11.6 Å². The summed E-state index contributed by atoms with van der Waals surface area (Å²) in [7, 11) is 0. The molecule has 1 aromatic rings. The first-order chi connectivity index (χ1) is 6.75. The highest BCUT2D eigenvalue weighted by molar-refractivity contribution is 5.94. The molecule has 5 heteroatoms. The number of pyridine rings is 1. The van der Waals surface area contributed by atoms with Gasteiger partial charge in [0.2, 0.25) is 5.91 Å². The van der Waals surface area contributed by atoms with Crippen LogP contribution in [0.1, 0.15) is 6.42 Å². The lowest BCUT2D eigenvalue weighted by Crippen LogP contribution is -2.50. The fraction of sp³-hybridized carbons (Fsp3) is 0.333. The SMILES string of the molecule is O=C(Nc1ccc(F)cn1)C1CCN1. The van der Waals surface area contributed by atoms with Gasteiger partial charge in [0, 0.05) is 0 Å². The molecule has 1 fully saturated rings. The molecule has 2 heterocycles. The number of carbonyl (C=O) groups is 1. The minimum atomic E-state index is -0.412. The van der Waals surface area contributed by atoms with Gasteiger partial charge in [-0.1, -0.05) is 0 Å². The zero-order valence-electron chi connectivity index (χ0n) is 7.46. The average molecular weight is 195 g/mol. The van der Waals surface area contributed by atoms with E-state index in [1.807, 2.05) is 0 Å². The van der Waals surface area contributed by atoms with Gasteiger partial charge in [-0.05, 0) is 25.1 Å². The molecule has 1 unspecified atom stereocenters. The number of carbonyl (C=O) groups excluding carboxylic acids is 1. The van der Waals surface area contributed by atoms with Crippen molar-refractivity contribution in [2.75, 3.05) is 11.9 Å². The minimum Gasteiger partial charge on any atom is -0.309 e. The summed E-state index contributed by atoms with van der Waals surface area (Å²) in [4.78, 5) is 15.1. The molecule has 1 atom stereocenters. The van der Waals surface area contributed by atoms with Gasteiger partial charge in [-0.25, -0.2) is 9.37 Å². The van der Waals surface area contributed by atoms with Crippen molar-refractivity contribution in [2.24, 2.45) is 0 Å². The normalized spacial score (nSPS) is 19.9. The molecule has 1 saturated heterocycles. The van der Waals surface area contributed by atoms with E-state index in [4.69, 9.17) is 0 Å². The molecule has 2 rings (SSSR count). The lowest BCUT2D eigenvalue weighted by atomic mass is 10.1. The predicted molar refractivity (Wildman–Crippen MR) is 49.2 cm³/mol. The summed E-state index contributed by atoms with van der Waals surface area (Å²) in [6.07, 6.45) is 1.91. The van der Waals surface area contributed by atoms with Gasteiger partial charge in [0.05, 0.1) is 12.2 Å². The van der Waals surface area contributed by atoms with Crippen LogP contribution in [-0.2, 0) is 4.79 Å². The number of aromatic nitrogens is 1. The van der Waals surface area contributed by atoms with Gasteiger partial charge in [0.25, 0.3) is 0 Å². The number of rotatable bonds is 2. The van der Waals surface area contributed by atoms with Crippen molar-refractivity contribution in [2.45, 2.75) is 12.5 Å². The monoisotopic (exact) mass is 195 g/mol. The van der Waals surface area contributed by atoms with Gasteiger partial charge in [-0.2, -0.15) is 0 Å². The first-order valence-corrected chi connectivity index (χ1v) is 4.41. The number of anilines is 1. The highest BCUT2D eigenvalue weighted by atomic mass is 19.1. The smallest absolute Gasteiger partial charge is 0.242 e. The highest BCUT2D eigenvalue weighted by Crippen LogP contribution is 2.07. The van der Waals surface area contributed by atoms with Crippen molar-refractivity contribution >= 4 is 11.7 Å². The fourth-order valence-electron chi connectivity index (χ4n) is 1.18. The second-order valence-corrected chi connectivity index (χ2v) is 3.15. The lowest BCUT2D eigenvalue weighted by molar-refractivity contribution is -0.119. The Morgan fingerprint density at radius 2 is 2.43 bits per heavy atom. The third-order valence-electron chi connectivity index (χ3n) is 2.12. The zero-order valence-corrected chi connectivity index (χ0v) is 7.46. The molecule has 1 aliphatic heterocycles. The van der Waals surface area contributed by atoms with E-state index >= 15 is 0 Å². The third-order valence-corrected chi connectivity index (χ3v) is 2.12. The van der Waals surface area contributed by atoms with E-state index in [0.717, 1.165) is 19.2 Å². The van der Waals surface area contributed by atoms with Crippen LogP contribution in [0.4, 0.5) is 10.2 Å². The van der Waals surface area contributed by atoms with Crippen LogP contribution in [0.25, 0.3) is 0 Å². The molecule has 0 saturated carbocycles. The molecular formula is C9H10FN3O. The van der Waals surface area contributed by atoms with E-state index in [0.29, 0.717) is 5.82 Å². The Labute approximate surface area is 80.5 Å². The Morgan fingerprint density at radius 1 is 1.64 bits per heavy atom. The second kappa shape index (κ2) is 3.71. The summed E-state index contributed by atoms with van der Waals surface area (Å²) in [6.45, 7) is 0.870. The molecular weight excluding hydrogens is 185 g/mol. The zero-order chi connectivity index (χ0) is 9.97.